The second-order valence-corrected chi connectivity index (χ2v) is 9.04. The third-order valence-electron chi connectivity index (χ3n) is 4.81. The van der Waals surface area contributed by atoms with Crippen LogP contribution >= 0.6 is 0 Å². The van der Waals surface area contributed by atoms with Crippen molar-refractivity contribution in [3.05, 3.63) is 48.0 Å². The number of carbonyl (C=O) groups excluding carboxylic acids is 1. The fraction of sp³-hybridized carbons (Fsp3) is 0.364. The predicted octanol–water partition coefficient (Wildman–Crippen LogP) is 3.53. The quantitative estimate of drug-likeness (QED) is 0.366. The summed E-state index contributed by atoms with van der Waals surface area (Å²) in [6.45, 7) is 1.46. The van der Waals surface area contributed by atoms with Gasteiger partial charge in [-0.05, 0) is 43.5 Å². The Kier molecular flexibility index (Phi) is 7.17. The summed E-state index contributed by atoms with van der Waals surface area (Å²) in [5.74, 6) is 0.00818. The second kappa shape index (κ2) is 9.82. The lowest BCUT2D eigenvalue weighted by Crippen LogP contribution is -2.30. The van der Waals surface area contributed by atoms with E-state index in [1.54, 1.807) is 44.4 Å². The third kappa shape index (κ3) is 5.55. The van der Waals surface area contributed by atoms with Gasteiger partial charge in [-0.3, -0.25) is 0 Å². The molecule has 0 amide bonds. The van der Waals surface area contributed by atoms with Crippen LogP contribution in [0.25, 0.3) is 0 Å². The molecule has 0 spiro atoms. The summed E-state index contributed by atoms with van der Waals surface area (Å²) in [4.78, 5) is 15.7. The number of carbonyl (C=O) groups is 1. The molecule has 1 aliphatic rings. The van der Waals surface area contributed by atoms with E-state index in [2.05, 4.69) is 4.40 Å². The highest BCUT2D eigenvalue weighted by atomic mass is 32.2. The number of piperidine rings is 1. The number of rotatable bonds is 7. The summed E-state index contributed by atoms with van der Waals surface area (Å²) in [7, 11) is 0.439. The molecule has 2 aromatic rings. The normalized spacial score (nSPS) is 14.5. The molecule has 2 aromatic carbocycles. The SMILES string of the molecule is COC(=O)c1cc(N2CCCCC2)c(Oc2ccccc2)c(S(=O)(=O)/N=C\N(C)C)c1. The second-order valence-electron chi connectivity index (χ2n) is 7.44. The summed E-state index contributed by atoms with van der Waals surface area (Å²) < 4.78 is 41.1. The Labute approximate surface area is 183 Å². The van der Waals surface area contributed by atoms with E-state index in [4.69, 9.17) is 9.47 Å². The zero-order chi connectivity index (χ0) is 22.4. The van der Waals surface area contributed by atoms with Crippen LogP contribution in [0.3, 0.4) is 0 Å². The van der Waals surface area contributed by atoms with Gasteiger partial charge in [0.15, 0.2) is 5.75 Å². The Hall–Kier alpha value is -3.07. The number of anilines is 1. The molecule has 1 fully saturated rings. The van der Waals surface area contributed by atoms with Crippen LogP contribution in [0.4, 0.5) is 5.69 Å². The van der Waals surface area contributed by atoms with E-state index < -0.39 is 16.0 Å². The molecule has 0 saturated carbocycles. The molecule has 0 N–H and O–H groups in total. The first-order valence-electron chi connectivity index (χ1n) is 10.0. The van der Waals surface area contributed by atoms with Crippen LogP contribution in [0.5, 0.6) is 11.5 Å². The highest BCUT2D eigenvalue weighted by Crippen LogP contribution is 2.41. The van der Waals surface area contributed by atoms with Crippen molar-refractivity contribution in [3.63, 3.8) is 0 Å². The van der Waals surface area contributed by atoms with Crippen molar-refractivity contribution in [1.82, 2.24) is 4.90 Å². The maximum atomic E-state index is 13.2. The van der Waals surface area contributed by atoms with E-state index in [-0.39, 0.29) is 16.2 Å². The summed E-state index contributed by atoms with van der Waals surface area (Å²) >= 11 is 0. The number of hydrogen-bond donors (Lipinski definition) is 0. The van der Waals surface area contributed by atoms with Gasteiger partial charge < -0.3 is 19.3 Å². The molecule has 1 heterocycles. The number of para-hydroxylation sites is 1. The maximum absolute atomic E-state index is 13.2. The average Bonchev–Trinajstić information content (AvgIpc) is 2.78. The number of nitrogens with zero attached hydrogens (tertiary/aromatic N) is 3. The summed E-state index contributed by atoms with van der Waals surface area (Å²) in [6.07, 6.45) is 4.23. The molecule has 8 nitrogen and oxygen atoms in total. The van der Waals surface area contributed by atoms with Gasteiger partial charge in [0.2, 0.25) is 0 Å². The lowest BCUT2D eigenvalue weighted by molar-refractivity contribution is 0.0600. The Bertz CT molecular complexity index is 1050. The van der Waals surface area contributed by atoms with Crippen LogP contribution in [0.15, 0.2) is 51.8 Å². The van der Waals surface area contributed by atoms with E-state index in [1.165, 1.54) is 24.4 Å². The number of hydrogen-bond acceptors (Lipinski definition) is 6. The van der Waals surface area contributed by atoms with Crippen LogP contribution < -0.4 is 9.64 Å². The maximum Gasteiger partial charge on any atom is 0.337 e. The highest BCUT2D eigenvalue weighted by Gasteiger charge is 2.28. The van der Waals surface area contributed by atoms with Crippen molar-refractivity contribution in [2.45, 2.75) is 24.2 Å². The number of sulfonamides is 1. The summed E-state index contributed by atoms with van der Waals surface area (Å²) in [5.41, 5.74) is 0.659. The van der Waals surface area contributed by atoms with E-state index >= 15 is 0 Å². The number of ether oxygens (including phenoxy) is 2. The van der Waals surface area contributed by atoms with Gasteiger partial charge in [0.1, 0.15) is 17.0 Å². The molecule has 9 heteroatoms. The van der Waals surface area contributed by atoms with Gasteiger partial charge in [-0.1, -0.05) is 18.2 Å². The van der Waals surface area contributed by atoms with E-state index in [1.807, 2.05) is 11.0 Å². The zero-order valence-electron chi connectivity index (χ0n) is 17.9. The van der Waals surface area contributed by atoms with Crippen LogP contribution in [0, 0.1) is 0 Å². The molecular formula is C22H27N3O5S. The van der Waals surface area contributed by atoms with Crippen LogP contribution in [0.2, 0.25) is 0 Å². The lowest BCUT2D eigenvalue weighted by Gasteiger charge is -2.31. The fourth-order valence-electron chi connectivity index (χ4n) is 3.31. The van der Waals surface area contributed by atoms with Crippen LogP contribution in [-0.2, 0) is 14.8 Å². The zero-order valence-corrected chi connectivity index (χ0v) is 18.8. The molecule has 166 valence electrons. The van der Waals surface area contributed by atoms with E-state index in [0.29, 0.717) is 11.4 Å². The fourth-order valence-corrected chi connectivity index (χ4v) is 4.39. The molecule has 0 radical (unpaired) electrons. The molecular weight excluding hydrogens is 418 g/mol. The summed E-state index contributed by atoms with van der Waals surface area (Å²) in [6, 6.07) is 11.8. The first-order chi connectivity index (χ1) is 14.8. The molecule has 1 aliphatic heterocycles. The van der Waals surface area contributed by atoms with E-state index in [0.717, 1.165) is 32.4 Å². The molecule has 0 atom stereocenters. The molecule has 3 rings (SSSR count). The smallest absolute Gasteiger partial charge is 0.337 e. The van der Waals surface area contributed by atoms with Gasteiger partial charge >= 0.3 is 5.97 Å². The molecule has 31 heavy (non-hydrogen) atoms. The summed E-state index contributed by atoms with van der Waals surface area (Å²) in [5, 5.41) is 0. The first-order valence-corrected chi connectivity index (χ1v) is 11.5. The Morgan fingerprint density at radius 2 is 1.77 bits per heavy atom. The van der Waals surface area contributed by atoms with Crippen molar-refractivity contribution >= 4 is 28.0 Å². The topological polar surface area (TPSA) is 88.5 Å². The van der Waals surface area contributed by atoms with Gasteiger partial charge in [0.25, 0.3) is 10.0 Å². The van der Waals surface area contributed by atoms with Crippen molar-refractivity contribution < 1.29 is 22.7 Å². The number of methoxy groups -OCH3 is 1. The molecule has 0 aromatic heterocycles. The molecule has 0 bridgehead atoms. The first kappa shape index (κ1) is 22.6. The molecule has 0 aliphatic carbocycles. The monoisotopic (exact) mass is 445 g/mol. The molecule has 1 saturated heterocycles. The van der Waals surface area contributed by atoms with Crippen molar-refractivity contribution in [2.24, 2.45) is 4.40 Å². The Morgan fingerprint density at radius 1 is 1.10 bits per heavy atom. The van der Waals surface area contributed by atoms with Crippen LogP contribution in [-0.4, -0.2) is 59.9 Å². The van der Waals surface area contributed by atoms with Gasteiger partial charge in [-0.2, -0.15) is 8.42 Å². The van der Waals surface area contributed by atoms with Crippen molar-refractivity contribution in [3.8, 4) is 11.5 Å². The van der Waals surface area contributed by atoms with Crippen molar-refractivity contribution in [1.29, 1.82) is 0 Å². The minimum absolute atomic E-state index is 0.127. The lowest BCUT2D eigenvalue weighted by atomic mass is 10.1. The van der Waals surface area contributed by atoms with Crippen molar-refractivity contribution in [2.75, 3.05) is 39.2 Å². The minimum atomic E-state index is -4.16. The van der Waals surface area contributed by atoms with Gasteiger partial charge in [0, 0.05) is 27.2 Å². The highest BCUT2D eigenvalue weighted by molar-refractivity contribution is 7.90. The average molecular weight is 446 g/mol. The molecule has 0 unspecified atom stereocenters. The van der Waals surface area contributed by atoms with Gasteiger partial charge in [-0.15, -0.1) is 4.40 Å². The largest absolute Gasteiger partial charge is 0.465 e. The van der Waals surface area contributed by atoms with E-state index in [9.17, 15) is 13.2 Å². The third-order valence-corrected chi connectivity index (χ3v) is 6.04. The number of esters is 1. The Morgan fingerprint density at radius 3 is 2.39 bits per heavy atom. The van der Waals surface area contributed by atoms with Gasteiger partial charge in [0.05, 0.1) is 18.4 Å². The minimum Gasteiger partial charge on any atom is -0.465 e. The number of benzene rings is 2. The Balaban J connectivity index is 2.24. The van der Waals surface area contributed by atoms with Crippen LogP contribution in [0.1, 0.15) is 29.6 Å². The standard InChI is InChI=1S/C22H27N3O5S/c1-24(2)16-23-31(27,28)20-15-17(22(26)29-3)14-19(25-12-8-5-9-13-25)21(20)30-18-10-6-4-7-11-18/h4,6-7,10-11,14-16H,5,8-9,12-13H2,1-3H3/b23-16-. The predicted molar refractivity (Wildman–Crippen MR) is 120 cm³/mol. The van der Waals surface area contributed by atoms with Gasteiger partial charge in [-0.25, -0.2) is 4.79 Å².